The molecule has 1 N–H and O–H groups in total. The minimum absolute atomic E-state index is 0.0273. The number of hydrogen-bond acceptors (Lipinski definition) is 6. The molecule has 1 aliphatic rings. The van der Waals surface area contributed by atoms with E-state index in [-0.39, 0.29) is 27.8 Å². The minimum Gasteiger partial charge on any atom is -0.419 e. The van der Waals surface area contributed by atoms with Gasteiger partial charge in [-0.05, 0) is 61.4 Å². The molecule has 29 heavy (non-hydrogen) atoms. The number of anilines is 1. The molecule has 0 bridgehead atoms. The molecule has 0 radical (unpaired) electrons. The zero-order valence-corrected chi connectivity index (χ0v) is 19.3. The molecule has 6 nitrogen and oxygen atoms in total. The molecule has 1 aliphatic heterocycles. The van der Waals surface area contributed by atoms with E-state index in [1.165, 1.54) is 12.1 Å². The lowest BCUT2D eigenvalue weighted by molar-refractivity contribution is 0.120. The smallest absolute Gasteiger partial charge is 0.233 e. The normalized spacial score (nSPS) is 16.8. The first-order valence-electron chi connectivity index (χ1n) is 9.06. The van der Waals surface area contributed by atoms with Crippen molar-refractivity contribution < 1.29 is 17.6 Å². The molecule has 0 spiro atoms. The molecule has 4 rings (SSSR count). The fourth-order valence-electron chi connectivity index (χ4n) is 3.05. The van der Waals surface area contributed by atoms with Gasteiger partial charge in [0.15, 0.2) is 0 Å². The molecule has 1 fully saturated rings. The van der Waals surface area contributed by atoms with Crippen molar-refractivity contribution in [3.05, 3.63) is 57.5 Å². The Labute approximate surface area is 185 Å². The van der Waals surface area contributed by atoms with Gasteiger partial charge < -0.3 is 14.5 Å². The molecule has 1 atom stereocenters. The maximum absolute atomic E-state index is 13.2. The van der Waals surface area contributed by atoms with E-state index in [4.69, 9.17) is 9.15 Å². The number of nitrogens with one attached hydrogen (secondary N) is 1. The van der Waals surface area contributed by atoms with Gasteiger partial charge in [0, 0.05) is 27.7 Å². The van der Waals surface area contributed by atoms with Gasteiger partial charge in [-0.15, -0.1) is 0 Å². The van der Waals surface area contributed by atoms with Crippen molar-refractivity contribution in [3.8, 4) is 11.5 Å². The van der Waals surface area contributed by atoms with Crippen LogP contribution in [0.15, 0.2) is 71.8 Å². The number of rotatable bonds is 6. The van der Waals surface area contributed by atoms with Crippen molar-refractivity contribution in [3.63, 3.8) is 0 Å². The SMILES string of the molecule is O=S(=O)(c1ccc(Br)cc1)c1nc(-c2ccc(Br)cc2)oc1NCC1CCCO1. The molecule has 3 aromatic rings. The Balaban J connectivity index is 1.73. The van der Waals surface area contributed by atoms with Crippen molar-refractivity contribution in [2.45, 2.75) is 28.9 Å². The van der Waals surface area contributed by atoms with Crippen LogP contribution in [0.25, 0.3) is 11.5 Å². The molecule has 0 saturated carbocycles. The summed E-state index contributed by atoms with van der Waals surface area (Å²) in [7, 11) is -3.87. The highest BCUT2D eigenvalue weighted by Gasteiger charge is 2.29. The van der Waals surface area contributed by atoms with Crippen molar-refractivity contribution in [2.24, 2.45) is 0 Å². The summed E-state index contributed by atoms with van der Waals surface area (Å²) in [6, 6.07) is 13.8. The van der Waals surface area contributed by atoms with Gasteiger partial charge in [-0.1, -0.05) is 31.9 Å². The van der Waals surface area contributed by atoms with Crippen LogP contribution in [0.2, 0.25) is 0 Å². The minimum atomic E-state index is -3.87. The number of halogens is 2. The molecule has 2 aromatic carbocycles. The van der Waals surface area contributed by atoms with Crippen LogP contribution >= 0.6 is 31.9 Å². The summed E-state index contributed by atoms with van der Waals surface area (Å²) in [4.78, 5) is 4.49. The number of hydrogen-bond donors (Lipinski definition) is 1. The van der Waals surface area contributed by atoms with Crippen LogP contribution in [0, 0.1) is 0 Å². The van der Waals surface area contributed by atoms with E-state index in [1.54, 1.807) is 12.1 Å². The van der Waals surface area contributed by atoms with Gasteiger partial charge in [-0.2, -0.15) is 4.98 Å². The largest absolute Gasteiger partial charge is 0.419 e. The summed E-state index contributed by atoms with van der Waals surface area (Å²) < 4.78 is 39.7. The molecule has 2 heterocycles. The molecular formula is C20H18Br2N2O4S. The lowest BCUT2D eigenvalue weighted by atomic mass is 10.2. The van der Waals surface area contributed by atoms with Crippen molar-refractivity contribution in [1.82, 2.24) is 4.98 Å². The van der Waals surface area contributed by atoms with Gasteiger partial charge in [0.05, 0.1) is 11.0 Å². The topological polar surface area (TPSA) is 81.4 Å². The number of ether oxygens (including phenoxy) is 1. The molecule has 0 aliphatic carbocycles. The van der Waals surface area contributed by atoms with Crippen LogP contribution in [0.5, 0.6) is 0 Å². The van der Waals surface area contributed by atoms with Gasteiger partial charge in [0.1, 0.15) is 0 Å². The maximum Gasteiger partial charge on any atom is 0.233 e. The van der Waals surface area contributed by atoms with Crippen LogP contribution in [-0.2, 0) is 14.6 Å². The van der Waals surface area contributed by atoms with Gasteiger partial charge in [-0.3, -0.25) is 0 Å². The zero-order valence-electron chi connectivity index (χ0n) is 15.3. The van der Waals surface area contributed by atoms with E-state index < -0.39 is 9.84 Å². The second-order valence-corrected chi connectivity index (χ2v) is 10.3. The summed E-state index contributed by atoms with van der Waals surface area (Å²) in [5.41, 5.74) is 0.686. The van der Waals surface area contributed by atoms with E-state index in [0.717, 1.165) is 28.4 Å². The molecule has 1 saturated heterocycles. The molecule has 152 valence electrons. The third kappa shape index (κ3) is 4.58. The summed E-state index contributed by atoms with van der Waals surface area (Å²) in [6.07, 6.45) is 1.95. The summed E-state index contributed by atoms with van der Waals surface area (Å²) in [5.74, 6) is 0.365. The first kappa shape index (κ1) is 20.6. The monoisotopic (exact) mass is 540 g/mol. The number of nitrogens with zero attached hydrogens (tertiary/aromatic N) is 1. The van der Waals surface area contributed by atoms with E-state index >= 15 is 0 Å². The standard InChI is InChI=1S/C20H18Br2N2O4S/c21-14-5-3-13(4-6-14)18-24-20(19(28-18)23-12-16-2-1-11-27-16)29(25,26)17-9-7-15(22)8-10-17/h3-10,16,23H,1-2,11-12H2. The van der Waals surface area contributed by atoms with E-state index in [2.05, 4.69) is 42.2 Å². The fraction of sp³-hybridized carbons (Fsp3) is 0.250. The molecule has 1 unspecified atom stereocenters. The predicted molar refractivity (Wildman–Crippen MR) is 117 cm³/mol. The highest BCUT2D eigenvalue weighted by molar-refractivity contribution is 9.10. The Kier molecular flexibility index (Phi) is 6.10. The number of sulfone groups is 1. The lowest BCUT2D eigenvalue weighted by Crippen LogP contribution is -2.19. The Bertz CT molecular complexity index is 1090. The Morgan fingerprint density at radius 2 is 1.69 bits per heavy atom. The third-order valence-corrected chi connectivity index (χ3v) is 7.32. The zero-order chi connectivity index (χ0) is 20.4. The summed E-state index contributed by atoms with van der Waals surface area (Å²) >= 11 is 6.72. The van der Waals surface area contributed by atoms with Crippen LogP contribution in [-0.4, -0.2) is 32.7 Å². The second kappa shape index (κ2) is 8.59. The third-order valence-electron chi connectivity index (χ3n) is 4.58. The summed E-state index contributed by atoms with van der Waals surface area (Å²) in [5, 5.41) is 2.96. The number of oxazole rings is 1. The highest BCUT2D eigenvalue weighted by Crippen LogP contribution is 2.33. The van der Waals surface area contributed by atoms with E-state index in [1.807, 2.05) is 24.3 Å². The van der Waals surface area contributed by atoms with Crippen LogP contribution < -0.4 is 5.32 Å². The van der Waals surface area contributed by atoms with E-state index in [0.29, 0.717) is 12.1 Å². The Morgan fingerprint density at radius 1 is 1.03 bits per heavy atom. The predicted octanol–water partition coefficient (Wildman–Crippen LogP) is 5.29. The Morgan fingerprint density at radius 3 is 2.31 bits per heavy atom. The van der Waals surface area contributed by atoms with Crippen LogP contribution in [0.1, 0.15) is 12.8 Å². The van der Waals surface area contributed by atoms with E-state index in [9.17, 15) is 8.42 Å². The van der Waals surface area contributed by atoms with Gasteiger partial charge in [0.25, 0.3) is 0 Å². The summed E-state index contributed by atoms with van der Waals surface area (Å²) in [6.45, 7) is 1.18. The molecule has 0 amide bonds. The quantitative estimate of drug-likeness (QED) is 0.456. The van der Waals surface area contributed by atoms with Gasteiger partial charge >= 0.3 is 0 Å². The molecular weight excluding hydrogens is 524 g/mol. The molecule has 9 heteroatoms. The number of aromatic nitrogens is 1. The lowest BCUT2D eigenvalue weighted by Gasteiger charge is -2.10. The highest BCUT2D eigenvalue weighted by atomic mass is 79.9. The van der Waals surface area contributed by atoms with Gasteiger partial charge in [0.2, 0.25) is 26.6 Å². The van der Waals surface area contributed by atoms with Gasteiger partial charge in [-0.25, -0.2) is 8.42 Å². The average molecular weight is 542 g/mol. The van der Waals surface area contributed by atoms with Crippen molar-refractivity contribution in [2.75, 3.05) is 18.5 Å². The van der Waals surface area contributed by atoms with Crippen molar-refractivity contribution in [1.29, 1.82) is 0 Å². The van der Waals surface area contributed by atoms with Crippen LogP contribution in [0.3, 0.4) is 0 Å². The van der Waals surface area contributed by atoms with Crippen molar-refractivity contribution >= 4 is 47.6 Å². The molecule has 1 aromatic heterocycles. The average Bonchev–Trinajstić information content (AvgIpc) is 3.37. The first-order valence-corrected chi connectivity index (χ1v) is 12.1. The first-order chi connectivity index (χ1) is 13.9. The number of benzene rings is 2. The fourth-order valence-corrected chi connectivity index (χ4v) is 4.86. The van der Waals surface area contributed by atoms with Crippen LogP contribution in [0.4, 0.5) is 5.88 Å². The Hall–Kier alpha value is -1.68. The second-order valence-electron chi connectivity index (χ2n) is 6.63. The maximum atomic E-state index is 13.2.